The summed E-state index contributed by atoms with van der Waals surface area (Å²) in [6.45, 7) is 5.05. The minimum absolute atomic E-state index is 0.0410. The number of aromatic nitrogens is 2. The van der Waals surface area contributed by atoms with Crippen molar-refractivity contribution in [3.63, 3.8) is 0 Å². The molecule has 0 spiro atoms. The van der Waals surface area contributed by atoms with Crippen LogP contribution in [-0.4, -0.2) is 60.0 Å². The van der Waals surface area contributed by atoms with Crippen LogP contribution in [0.1, 0.15) is 48.6 Å². The number of amides is 1. The van der Waals surface area contributed by atoms with E-state index >= 15 is 0 Å². The number of ketones is 1. The minimum Gasteiger partial charge on any atom is -0.447 e. The SMILES string of the molecule is CC(C)CC(NC(=O)CCCc1cccs1)C(=O)c1noc(OCCN(C)C)n1. The number of nitrogens with one attached hydrogen (secondary N) is 1. The molecule has 9 heteroatoms. The molecule has 0 aromatic carbocycles. The summed E-state index contributed by atoms with van der Waals surface area (Å²) in [4.78, 5) is 32.4. The molecule has 2 rings (SSSR count). The Hall–Kier alpha value is -2.26. The number of rotatable bonds is 13. The Morgan fingerprint density at radius 1 is 1.34 bits per heavy atom. The molecule has 29 heavy (non-hydrogen) atoms. The van der Waals surface area contributed by atoms with Crippen LogP contribution in [0.4, 0.5) is 0 Å². The van der Waals surface area contributed by atoms with Gasteiger partial charge in [-0.2, -0.15) is 0 Å². The number of thiophene rings is 1. The lowest BCUT2D eigenvalue weighted by Crippen LogP contribution is -2.42. The largest absolute Gasteiger partial charge is 0.447 e. The van der Waals surface area contributed by atoms with Crippen LogP contribution in [0.5, 0.6) is 6.08 Å². The summed E-state index contributed by atoms with van der Waals surface area (Å²) >= 11 is 1.68. The lowest BCUT2D eigenvalue weighted by Gasteiger charge is -2.18. The zero-order valence-electron chi connectivity index (χ0n) is 17.5. The van der Waals surface area contributed by atoms with E-state index in [0.29, 0.717) is 26.0 Å². The lowest BCUT2D eigenvalue weighted by atomic mass is 9.99. The average molecular weight is 423 g/mol. The number of hydrogen-bond donors (Lipinski definition) is 1. The highest BCUT2D eigenvalue weighted by molar-refractivity contribution is 7.09. The number of carbonyl (C=O) groups is 2. The van der Waals surface area contributed by atoms with E-state index in [1.807, 2.05) is 44.3 Å². The van der Waals surface area contributed by atoms with E-state index in [9.17, 15) is 9.59 Å². The van der Waals surface area contributed by atoms with Crippen molar-refractivity contribution >= 4 is 23.0 Å². The van der Waals surface area contributed by atoms with Crippen LogP contribution in [0.3, 0.4) is 0 Å². The number of nitrogens with zero attached hydrogens (tertiary/aromatic N) is 3. The fourth-order valence-corrected chi connectivity index (χ4v) is 3.44. The summed E-state index contributed by atoms with van der Waals surface area (Å²) in [6, 6.07) is 3.37. The van der Waals surface area contributed by atoms with Crippen LogP contribution < -0.4 is 10.1 Å². The number of hydrogen-bond acceptors (Lipinski definition) is 8. The third-order valence-corrected chi connectivity index (χ3v) is 5.09. The maximum atomic E-state index is 12.8. The summed E-state index contributed by atoms with van der Waals surface area (Å²) < 4.78 is 10.4. The Kier molecular flexibility index (Phi) is 9.27. The molecular weight excluding hydrogens is 392 g/mol. The second kappa shape index (κ2) is 11.7. The molecule has 8 nitrogen and oxygen atoms in total. The van der Waals surface area contributed by atoms with Crippen molar-refractivity contribution in [2.24, 2.45) is 5.92 Å². The molecule has 0 aliphatic rings. The van der Waals surface area contributed by atoms with Gasteiger partial charge in [-0.3, -0.25) is 14.1 Å². The predicted octanol–water partition coefficient (Wildman–Crippen LogP) is 2.81. The van der Waals surface area contributed by atoms with E-state index in [2.05, 4.69) is 21.5 Å². The van der Waals surface area contributed by atoms with Gasteiger partial charge in [-0.15, -0.1) is 16.3 Å². The number of Topliss-reactive ketones (excluding diaryl/α,β-unsaturated/α-hetero) is 1. The first kappa shape index (κ1) is 23.0. The Bertz CT molecular complexity index is 758. The predicted molar refractivity (Wildman–Crippen MR) is 111 cm³/mol. The first-order chi connectivity index (χ1) is 13.8. The molecule has 160 valence electrons. The fraction of sp³-hybridized carbons (Fsp3) is 0.600. The topological polar surface area (TPSA) is 97.6 Å². The monoisotopic (exact) mass is 422 g/mol. The van der Waals surface area contributed by atoms with Crippen molar-refractivity contribution in [2.75, 3.05) is 27.2 Å². The molecule has 0 aliphatic heterocycles. The Labute approximate surface area is 175 Å². The molecule has 2 aromatic heterocycles. The second-order valence-electron chi connectivity index (χ2n) is 7.58. The lowest BCUT2D eigenvalue weighted by molar-refractivity contribution is -0.121. The number of aryl methyl sites for hydroxylation is 1. The van der Waals surface area contributed by atoms with Gasteiger partial charge in [-0.25, -0.2) is 0 Å². The van der Waals surface area contributed by atoms with Gasteiger partial charge in [0.25, 0.3) is 0 Å². The smallest absolute Gasteiger partial charge is 0.417 e. The van der Waals surface area contributed by atoms with Crippen molar-refractivity contribution in [3.8, 4) is 6.08 Å². The van der Waals surface area contributed by atoms with Crippen molar-refractivity contribution in [1.29, 1.82) is 0 Å². The third kappa shape index (κ3) is 8.33. The first-order valence-electron chi connectivity index (χ1n) is 9.82. The Morgan fingerprint density at radius 2 is 2.14 bits per heavy atom. The molecule has 1 unspecified atom stereocenters. The zero-order chi connectivity index (χ0) is 21.2. The summed E-state index contributed by atoms with van der Waals surface area (Å²) in [6.07, 6.45) is 2.42. The van der Waals surface area contributed by atoms with Gasteiger partial charge in [0.2, 0.25) is 17.5 Å². The number of carbonyl (C=O) groups excluding carboxylic acids is 2. The van der Waals surface area contributed by atoms with Gasteiger partial charge in [-0.05, 0) is 55.9 Å². The van der Waals surface area contributed by atoms with E-state index in [1.165, 1.54) is 4.88 Å². The van der Waals surface area contributed by atoms with Crippen molar-refractivity contribution in [3.05, 3.63) is 28.2 Å². The average Bonchev–Trinajstić information content (AvgIpc) is 3.32. The maximum absolute atomic E-state index is 12.8. The van der Waals surface area contributed by atoms with Gasteiger partial charge in [0.05, 0.1) is 6.04 Å². The van der Waals surface area contributed by atoms with Crippen LogP contribution in [0.15, 0.2) is 22.0 Å². The van der Waals surface area contributed by atoms with Crippen LogP contribution in [-0.2, 0) is 11.2 Å². The molecule has 0 saturated heterocycles. The Balaban J connectivity index is 1.89. The maximum Gasteiger partial charge on any atom is 0.417 e. The van der Waals surface area contributed by atoms with Crippen LogP contribution in [0.2, 0.25) is 0 Å². The first-order valence-corrected chi connectivity index (χ1v) is 10.7. The van der Waals surface area contributed by atoms with Gasteiger partial charge in [0, 0.05) is 17.8 Å². The molecule has 1 atom stereocenters. The van der Waals surface area contributed by atoms with Crippen LogP contribution in [0.25, 0.3) is 0 Å². The van der Waals surface area contributed by atoms with E-state index in [0.717, 1.165) is 12.8 Å². The van der Waals surface area contributed by atoms with Crippen LogP contribution in [0, 0.1) is 5.92 Å². The standard InChI is InChI=1S/C20H30N4O4S/c1-14(2)13-16(21-17(25)9-5-7-15-8-6-12-29-15)18(26)19-22-20(28-23-19)27-11-10-24(3)4/h6,8,12,14,16H,5,7,9-11,13H2,1-4H3,(H,21,25). The molecular formula is C20H30N4O4S. The summed E-state index contributed by atoms with van der Waals surface area (Å²) in [5.41, 5.74) is 0. The molecule has 0 saturated carbocycles. The molecule has 0 bridgehead atoms. The molecule has 0 aliphatic carbocycles. The summed E-state index contributed by atoms with van der Waals surface area (Å²) in [5, 5.41) is 8.58. The minimum atomic E-state index is -0.684. The van der Waals surface area contributed by atoms with Gasteiger partial charge >= 0.3 is 6.08 Å². The highest BCUT2D eigenvalue weighted by atomic mass is 32.1. The molecule has 2 aromatic rings. The fourth-order valence-electron chi connectivity index (χ4n) is 2.69. The van der Waals surface area contributed by atoms with Gasteiger partial charge in [0.1, 0.15) is 6.61 Å². The van der Waals surface area contributed by atoms with E-state index in [4.69, 9.17) is 9.26 Å². The van der Waals surface area contributed by atoms with E-state index < -0.39 is 6.04 Å². The Morgan fingerprint density at radius 3 is 2.79 bits per heavy atom. The van der Waals surface area contributed by atoms with Gasteiger partial charge in [0.15, 0.2) is 0 Å². The number of likely N-dealkylation sites (N-methyl/N-ethyl adjacent to an activating group) is 1. The normalized spacial score (nSPS) is 12.3. The van der Waals surface area contributed by atoms with Crippen LogP contribution >= 0.6 is 11.3 Å². The second-order valence-corrected chi connectivity index (χ2v) is 8.61. The van der Waals surface area contributed by atoms with Crippen molar-refractivity contribution in [1.82, 2.24) is 20.4 Å². The van der Waals surface area contributed by atoms with E-state index in [1.54, 1.807) is 11.3 Å². The summed E-state index contributed by atoms with van der Waals surface area (Å²) in [7, 11) is 3.84. The summed E-state index contributed by atoms with van der Waals surface area (Å²) in [5.74, 6) is -0.365. The van der Waals surface area contributed by atoms with Gasteiger partial charge < -0.3 is 15.0 Å². The molecule has 2 heterocycles. The molecule has 1 N–H and O–H groups in total. The van der Waals surface area contributed by atoms with Crippen molar-refractivity contribution in [2.45, 2.75) is 45.6 Å². The highest BCUT2D eigenvalue weighted by Gasteiger charge is 2.27. The quantitative estimate of drug-likeness (QED) is 0.496. The zero-order valence-corrected chi connectivity index (χ0v) is 18.3. The molecule has 0 fully saturated rings. The molecule has 0 radical (unpaired) electrons. The third-order valence-electron chi connectivity index (χ3n) is 4.16. The van der Waals surface area contributed by atoms with Crippen molar-refractivity contribution < 1.29 is 18.8 Å². The molecule has 1 amide bonds. The highest BCUT2D eigenvalue weighted by Crippen LogP contribution is 2.14. The van der Waals surface area contributed by atoms with E-state index in [-0.39, 0.29) is 29.5 Å². The van der Waals surface area contributed by atoms with Gasteiger partial charge in [-0.1, -0.05) is 19.9 Å². The number of ether oxygens (including phenoxy) is 1.